The highest BCUT2D eigenvalue weighted by Crippen LogP contribution is 2.38. The highest BCUT2D eigenvalue weighted by molar-refractivity contribution is 6.76. The van der Waals surface area contributed by atoms with Crippen LogP contribution in [0.1, 0.15) is 51.4 Å². The Morgan fingerprint density at radius 1 is 1.06 bits per heavy atom. The first-order valence-corrected chi connectivity index (χ1v) is 20.6. The van der Waals surface area contributed by atoms with Crippen LogP contribution in [0.5, 0.6) is 5.75 Å². The fourth-order valence-electron chi connectivity index (χ4n) is 5.94. The first-order chi connectivity index (χ1) is 23.0. The average molecular weight is 744 g/mol. The molecule has 15 heteroatoms. The Morgan fingerprint density at radius 2 is 1.74 bits per heavy atom. The summed E-state index contributed by atoms with van der Waals surface area (Å²) < 4.78 is 9.04. The van der Waals surface area contributed by atoms with Crippen LogP contribution in [0.15, 0.2) is 47.7 Å². The molecule has 0 saturated heterocycles. The van der Waals surface area contributed by atoms with Gasteiger partial charge in [0, 0.05) is 44.6 Å². The highest BCUT2D eigenvalue weighted by Gasteiger charge is 2.30. The Kier molecular flexibility index (Phi) is 11.2. The molecule has 0 radical (unpaired) electrons. The second-order valence-electron chi connectivity index (χ2n) is 15.6. The smallest absolute Gasteiger partial charge is 0.271 e. The van der Waals surface area contributed by atoms with E-state index in [-0.39, 0.29) is 67.2 Å². The van der Waals surface area contributed by atoms with Crippen molar-refractivity contribution in [3.8, 4) is 16.9 Å². The van der Waals surface area contributed by atoms with Crippen molar-refractivity contribution in [2.75, 3.05) is 11.9 Å². The third-order valence-corrected chi connectivity index (χ3v) is 10.1. The number of non-ortho nitro benzene ring substituents is 1. The zero-order valence-electron chi connectivity index (χ0n) is 29.9. The predicted octanol–water partition coefficient (Wildman–Crippen LogP) is 7.92. The number of anilines is 1. The molecule has 0 bridgehead atoms. The van der Waals surface area contributed by atoms with Crippen molar-refractivity contribution in [2.45, 2.75) is 78.8 Å². The fourth-order valence-corrected chi connectivity index (χ4v) is 7.15. The Morgan fingerprint density at radius 3 is 2.34 bits per heavy atom. The molecule has 0 saturated carbocycles. The molecule has 2 amide bonds. The van der Waals surface area contributed by atoms with E-state index in [0.717, 1.165) is 12.1 Å². The van der Waals surface area contributed by atoms with E-state index in [1.165, 1.54) is 27.6 Å². The van der Waals surface area contributed by atoms with E-state index >= 15 is 0 Å². The SMILES string of the molecule is Cn1cnc2c(c(-c3cc(Cl)c(OCC[Si](C)(C)C)c(C(=O)NC(C)(C)CC(C)(C)C)c3)cn2CC(=O)Nc2ccc([N+](=O)[O-])cc2Cl)c1=O. The topological polar surface area (TPSA) is 150 Å². The van der Waals surface area contributed by atoms with Gasteiger partial charge in [-0.15, -0.1) is 0 Å². The van der Waals surface area contributed by atoms with Crippen LogP contribution >= 0.6 is 23.2 Å². The Labute approximate surface area is 302 Å². The van der Waals surface area contributed by atoms with Gasteiger partial charge in [-0.05, 0) is 55.5 Å². The number of amides is 2. The molecular formula is C35H44Cl2N6O6Si. The van der Waals surface area contributed by atoms with Gasteiger partial charge in [0.1, 0.15) is 12.2 Å². The number of ether oxygens (including phenoxy) is 1. The summed E-state index contributed by atoms with van der Waals surface area (Å²) in [6.07, 6.45) is 3.67. The summed E-state index contributed by atoms with van der Waals surface area (Å²) in [5.41, 5.74) is 0.296. The minimum Gasteiger partial charge on any atom is -0.491 e. The molecule has 0 atom stereocenters. The molecule has 0 fully saturated rings. The Balaban J connectivity index is 1.80. The van der Waals surface area contributed by atoms with Crippen LogP contribution in [0.25, 0.3) is 22.2 Å². The lowest BCUT2D eigenvalue weighted by atomic mass is 9.81. The number of nitro groups is 1. The van der Waals surface area contributed by atoms with Gasteiger partial charge >= 0.3 is 0 Å². The van der Waals surface area contributed by atoms with Gasteiger partial charge in [0.2, 0.25) is 5.91 Å². The molecule has 0 unspecified atom stereocenters. The number of carbonyl (C=O) groups excluding carboxylic acids is 2. The van der Waals surface area contributed by atoms with Crippen LogP contribution in [0, 0.1) is 15.5 Å². The van der Waals surface area contributed by atoms with E-state index in [1.54, 1.807) is 25.4 Å². The van der Waals surface area contributed by atoms with Crippen molar-refractivity contribution < 1.29 is 19.2 Å². The van der Waals surface area contributed by atoms with E-state index in [2.05, 4.69) is 56.0 Å². The van der Waals surface area contributed by atoms with Crippen molar-refractivity contribution >= 4 is 65.5 Å². The maximum Gasteiger partial charge on any atom is 0.271 e. The molecule has 12 nitrogen and oxygen atoms in total. The lowest BCUT2D eigenvalue weighted by Crippen LogP contribution is -2.46. The monoisotopic (exact) mass is 742 g/mol. The van der Waals surface area contributed by atoms with Gasteiger partial charge in [0.05, 0.1) is 44.5 Å². The van der Waals surface area contributed by atoms with Gasteiger partial charge in [-0.25, -0.2) is 4.98 Å². The van der Waals surface area contributed by atoms with E-state index < -0.39 is 24.4 Å². The standard InChI is InChI=1S/C35H44Cl2N6O6Si/c1-34(2,3)19-35(4,5)40-32(45)23-14-21(15-26(37)30(23)49-12-13-50(7,8)9)24-17-42(31-29(24)33(46)41(6)20-38-31)18-28(44)39-27-11-10-22(43(47)48)16-25(27)36/h10-11,14-17,20H,12-13,18-19H2,1-9H3,(H,39,44)(H,40,45). The second-order valence-corrected chi connectivity index (χ2v) is 22.0. The summed E-state index contributed by atoms with van der Waals surface area (Å²) in [6.45, 7) is 17.0. The van der Waals surface area contributed by atoms with Crippen molar-refractivity contribution in [2.24, 2.45) is 12.5 Å². The molecule has 2 aromatic carbocycles. The second kappa shape index (κ2) is 14.6. The van der Waals surface area contributed by atoms with Gasteiger partial charge in [0.25, 0.3) is 17.2 Å². The number of aryl methyl sites for hydroxylation is 1. The zero-order chi connectivity index (χ0) is 37.3. The van der Waals surface area contributed by atoms with E-state index in [9.17, 15) is 24.5 Å². The van der Waals surface area contributed by atoms with Gasteiger partial charge < -0.3 is 24.5 Å². The number of rotatable bonds is 12. The molecule has 50 heavy (non-hydrogen) atoms. The van der Waals surface area contributed by atoms with E-state index in [1.807, 2.05) is 13.8 Å². The number of hydrogen-bond donors (Lipinski definition) is 2. The molecule has 0 spiro atoms. The van der Waals surface area contributed by atoms with E-state index in [4.69, 9.17) is 27.9 Å². The normalized spacial score (nSPS) is 12.2. The number of benzene rings is 2. The molecule has 268 valence electrons. The van der Waals surface area contributed by atoms with Crippen LogP contribution in [0.2, 0.25) is 35.7 Å². The first kappa shape index (κ1) is 38.6. The van der Waals surface area contributed by atoms with Crippen molar-refractivity contribution in [1.29, 1.82) is 0 Å². The summed E-state index contributed by atoms with van der Waals surface area (Å²) >= 11 is 13.1. The van der Waals surface area contributed by atoms with Crippen LogP contribution in [0.4, 0.5) is 11.4 Å². The number of nitrogens with one attached hydrogen (secondary N) is 2. The number of fused-ring (bicyclic) bond motifs is 1. The summed E-state index contributed by atoms with van der Waals surface area (Å²) in [6, 6.07) is 7.87. The third kappa shape index (κ3) is 9.52. The number of hydrogen-bond acceptors (Lipinski definition) is 7. The summed E-state index contributed by atoms with van der Waals surface area (Å²) in [5.74, 6) is -0.635. The quantitative estimate of drug-likeness (QED) is 0.0850. The average Bonchev–Trinajstić information content (AvgIpc) is 3.32. The van der Waals surface area contributed by atoms with Crippen LogP contribution in [-0.2, 0) is 18.4 Å². The number of nitro benzene ring substituents is 1. The predicted molar refractivity (Wildman–Crippen MR) is 201 cm³/mol. The Bertz CT molecular complexity index is 2030. The molecule has 0 aliphatic heterocycles. The minimum atomic E-state index is -1.47. The van der Waals surface area contributed by atoms with Crippen LogP contribution in [-0.4, -0.2) is 51.1 Å². The molecule has 0 aliphatic carbocycles. The number of carbonyl (C=O) groups is 2. The molecule has 4 aromatic rings. The van der Waals surface area contributed by atoms with Gasteiger partial charge in [-0.3, -0.25) is 24.5 Å². The molecule has 0 aliphatic rings. The summed E-state index contributed by atoms with van der Waals surface area (Å²) in [7, 11) is 0.0949. The summed E-state index contributed by atoms with van der Waals surface area (Å²) in [4.78, 5) is 55.8. The third-order valence-electron chi connectivity index (χ3n) is 7.81. The van der Waals surface area contributed by atoms with Crippen molar-refractivity contribution in [1.82, 2.24) is 19.4 Å². The first-order valence-electron chi connectivity index (χ1n) is 16.1. The van der Waals surface area contributed by atoms with Gasteiger partial charge in [0.15, 0.2) is 5.75 Å². The molecule has 2 heterocycles. The van der Waals surface area contributed by atoms with Crippen molar-refractivity contribution in [3.63, 3.8) is 0 Å². The van der Waals surface area contributed by atoms with Crippen molar-refractivity contribution in [3.05, 3.63) is 78.9 Å². The fraction of sp³-hybridized carbons (Fsp3) is 0.429. The summed E-state index contributed by atoms with van der Waals surface area (Å²) in [5, 5.41) is 17.3. The van der Waals surface area contributed by atoms with Crippen LogP contribution < -0.4 is 20.9 Å². The van der Waals surface area contributed by atoms with Crippen LogP contribution in [0.3, 0.4) is 0 Å². The minimum absolute atomic E-state index is 0.00382. The maximum atomic E-state index is 14.0. The lowest BCUT2D eigenvalue weighted by molar-refractivity contribution is -0.384. The largest absolute Gasteiger partial charge is 0.491 e. The number of halogens is 2. The Hall–Kier alpha value is -4.20. The molecular weight excluding hydrogens is 699 g/mol. The molecule has 2 N–H and O–H groups in total. The number of nitrogens with zero attached hydrogens (tertiary/aromatic N) is 4. The molecule has 2 aromatic heterocycles. The maximum absolute atomic E-state index is 14.0. The van der Waals surface area contributed by atoms with Gasteiger partial charge in [-0.2, -0.15) is 0 Å². The zero-order valence-corrected chi connectivity index (χ0v) is 32.4. The lowest BCUT2D eigenvalue weighted by Gasteiger charge is -2.33. The van der Waals surface area contributed by atoms with Gasteiger partial charge in [-0.1, -0.05) is 63.6 Å². The number of aromatic nitrogens is 3. The van der Waals surface area contributed by atoms with E-state index in [0.29, 0.717) is 24.2 Å². The molecule has 4 rings (SSSR count). The highest BCUT2D eigenvalue weighted by atomic mass is 35.5.